The number of hydrogen-bond donors (Lipinski definition) is 0. The zero-order valence-corrected chi connectivity index (χ0v) is 25.4. The second kappa shape index (κ2) is 12.7. The molecule has 0 saturated heterocycles. The van der Waals surface area contributed by atoms with Crippen molar-refractivity contribution >= 4 is 56.8 Å². The van der Waals surface area contributed by atoms with Crippen LogP contribution in [0.4, 0.5) is 0 Å². The van der Waals surface area contributed by atoms with E-state index in [1.54, 1.807) is 35.4 Å². The Kier molecular flexibility index (Phi) is 8.88. The molecule has 0 fully saturated rings. The summed E-state index contributed by atoms with van der Waals surface area (Å²) in [7, 11) is 0. The molecular weight excluding hydrogens is 622 g/mol. The van der Waals surface area contributed by atoms with Crippen LogP contribution in [0, 0.1) is 11.3 Å². The molecule has 206 valence electrons. The lowest BCUT2D eigenvalue weighted by atomic mass is 9.93. The van der Waals surface area contributed by atoms with E-state index in [9.17, 15) is 9.59 Å². The molecule has 1 atom stereocenters. The number of esters is 1. The molecule has 5 rings (SSSR count). The molecule has 0 unspecified atom stereocenters. The van der Waals surface area contributed by atoms with E-state index in [0.29, 0.717) is 30.8 Å². The maximum Gasteiger partial charge on any atom is 0.338 e. The minimum absolute atomic E-state index is 0.0684. The number of ether oxygens (including phenoxy) is 2. The Labute approximate surface area is 253 Å². The third kappa shape index (κ3) is 5.93. The van der Waals surface area contributed by atoms with Gasteiger partial charge in [-0.25, -0.2) is 9.79 Å². The van der Waals surface area contributed by atoms with E-state index < -0.39 is 12.0 Å². The van der Waals surface area contributed by atoms with Crippen molar-refractivity contribution in [2.75, 3.05) is 19.5 Å². The maximum absolute atomic E-state index is 14.0. The Balaban J connectivity index is 1.74. The molecule has 2 heterocycles. The highest BCUT2D eigenvalue weighted by Crippen LogP contribution is 2.35. The van der Waals surface area contributed by atoms with Crippen LogP contribution < -0.4 is 19.6 Å². The van der Waals surface area contributed by atoms with Crippen molar-refractivity contribution in [3.8, 4) is 11.8 Å². The van der Waals surface area contributed by atoms with Crippen LogP contribution in [0.3, 0.4) is 0 Å². The average Bonchev–Trinajstić information content (AvgIpc) is 3.30. The van der Waals surface area contributed by atoms with Gasteiger partial charge in [0.05, 0.1) is 32.9 Å². The van der Waals surface area contributed by atoms with Crippen molar-refractivity contribution in [2.24, 2.45) is 4.99 Å². The minimum atomic E-state index is -0.730. The number of thioether (sulfide) groups is 1. The van der Waals surface area contributed by atoms with Crippen molar-refractivity contribution in [2.45, 2.75) is 17.9 Å². The predicted molar refractivity (Wildman–Crippen MR) is 165 cm³/mol. The molecule has 1 aliphatic heterocycles. The van der Waals surface area contributed by atoms with E-state index in [1.165, 1.54) is 11.3 Å². The summed E-state index contributed by atoms with van der Waals surface area (Å²) in [5.74, 6) is 0.0191. The fraction of sp³-hybridized carbons (Fsp3) is 0.161. The highest BCUT2D eigenvalue weighted by atomic mass is 79.9. The first-order valence-electron chi connectivity index (χ1n) is 12.7. The second-order valence-corrected chi connectivity index (χ2v) is 11.6. The van der Waals surface area contributed by atoms with Gasteiger partial charge < -0.3 is 9.47 Å². The first-order valence-corrected chi connectivity index (χ1v) is 15.5. The summed E-state index contributed by atoms with van der Waals surface area (Å²) in [5.41, 5.74) is 2.84. The molecule has 7 nitrogen and oxygen atoms in total. The van der Waals surface area contributed by atoms with Gasteiger partial charge in [-0.1, -0.05) is 59.9 Å². The Bertz CT molecular complexity index is 1860. The summed E-state index contributed by atoms with van der Waals surface area (Å²) in [4.78, 5) is 34.0. The number of hydrogen-bond acceptors (Lipinski definition) is 8. The van der Waals surface area contributed by atoms with Crippen LogP contribution in [0.1, 0.15) is 29.7 Å². The van der Waals surface area contributed by atoms with Gasteiger partial charge >= 0.3 is 5.97 Å². The van der Waals surface area contributed by atoms with Crippen LogP contribution in [0.5, 0.6) is 5.75 Å². The standard InChI is InChI=1S/C31H24BrN3O4S2/c1-3-38-30(37)26-27(20-7-5-4-6-8-20)34-31-35(28(26)21-10-12-22(40-2)13-11-21)29(36)25(41-31)18-19-9-14-24(23(32)17-19)39-16-15-33/h4-14,17-18,28H,3,16H2,1-2H3/b25-18-/t28-/m0/s1. The Morgan fingerprint density at radius 1 is 1.17 bits per heavy atom. The van der Waals surface area contributed by atoms with Crippen LogP contribution in [-0.2, 0) is 9.53 Å². The van der Waals surface area contributed by atoms with Gasteiger partial charge in [0, 0.05) is 10.5 Å². The van der Waals surface area contributed by atoms with Gasteiger partial charge in [0.2, 0.25) is 0 Å². The van der Waals surface area contributed by atoms with Crippen LogP contribution in [0.15, 0.2) is 97.5 Å². The number of halogens is 1. The fourth-order valence-electron chi connectivity index (χ4n) is 4.53. The molecule has 1 aromatic heterocycles. The summed E-state index contributed by atoms with van der Waals surface area (Å²) >= 11 is 6.35. The lowest BCUT2D eigenvalue weighted by Gasteiger charge is -2.26. The number of carbonyl (C=O) groups is 1. The number of benzene rings is 3. The van der Waals surface area contributed by atoms with Crippen molar-refractivity contribution < 1.29 is 14.3 Å². The third-order valence-electron chi connectivity index (χ3n) is 6.35. The number of rotatable bonds is 8. The van der Waals surface area contributed by atoms with Crippen LogP contribution in [0.25, 0.3) is 11.8 Å². The van der Waals surface area contributed by atoms with Gasteiger partial charge in [0.25, 0.3) is 5.56 Å². The molecule has 3 aromatic carbocycles. The highest BCUT2D eigenvalue weighted by molar-refractivity contribution is 9.10. The van der Waals surface area contributed by atoms with Crippen molar-refractivity contribution in [3.05, 3.63) is 119 Å². The number of aromatic nitrogens is 1. The topological polar surface area (TPSA) is 93.7 Å². The van der Waals surface area contributed by atoms with Gasteiger partial charge in [-0.2, -0.15) is 5.26 Å². The summed E-state index contributed by atoms with van der Waals surface area (Å²) in [6.07, 6.45) is 3.78. The lowest BCUT2D eigenvalue weighted by Crippen LogP contribution is -2.40. The molecule has 0 aliphatic carbocycles. The first kappa shape index (κ1) is 28.6. The molecule has 41 heavy (non-hydrogen) atoms. The minimum Gasteiger partial charge on any atom is -0.478 e. The largest absolute Gasteiger partial charge is 0.478 e. The van der Waals surface area contributed by atoms with Gasteiger partial charge in [0.1, 0.15) is 11.8 Å². The molecule has 4 aromatic rings. The first-order chi connectivity index (χ1) is 19.9. The van der Waals surface area contributed by atoms with Crippen molar-refractivity contribution in [1.82, 2.24) is 4.57 Å². The van der Waals surface area contributed by atoms with E-state index in [-0.39, 0.29) is 18.8 Å². The van der Waals surface area contributed by atoms with Crippen LogP contribution in [-0.4, -0.2) is 30.0 Å². The maximum atomic E-state index is 14.0. The summed E-state index contributed by atoms with van der Waals surface area (Å²) in [6.45, 7) is 1.88. The zero-order chi connectivity index (χ0) is 28.9. The Morgan fingerprint density at radius 2 is 1.93 bits per heavy atom. The molecular formula is C31H24BrN3O4S2. The number of nitriles is 1. The van der Waals surface area contributed by atoms with Gasteiger partial charge in [0.15, 0.2) is 11.4 Å². The molecule has 0 saturated carbocycles. The quantitative estimate of drug-likeness (QED) is 0.190. The van der Waals surface area contributed by atoms with E-state index in [4.69, 9.17) is 19.7 Å². The zero-order valence-electron chi connectivity index (χ0n) is 22.2. The predicted octanol–water partition coefficient (Wildman–Crippen LogP) is 5.32. The second-order valence-electron chi connectivity index (χ2n) is 8.84. The smallest absolute Gasteiger partial charge is 0.338 e. The SMILES string of the molecule is CCOC(=O)C1=C(c2ccccc2)N=c2s/c(=C\c3ccc(OCC#N)c(Br)c3)c(=O)n2[C@H]1c1ccc(SC)cc1. The summed E-state index contributed by atoms with van der Waals surface area (Å²) in [6, 6.07) is 23.9. The van der Waals surface area contributed by atoms with E-state index >= 15 is 0 Å². The van der Waals surface area contributed by atoms with Crippen LogP contribution >= 0.6 is 39.0 Å². The lowest BCUT2D eigenvalue weighted by molar-refractivity contribution is -0.138. The van der Waals surface area contributed by atoms with E-state index in [0.717, 1.165) is 21.6 Å². The summed E-state index contributed by atoms with van der Waals surface area (Å²) < 4.78 is 13.7. The Hall–Kier alpha value is -3.91. The van der Waals surface area contributed by atoms with Crippen molar-refractivity contribution in [3.63, 3.8) is 0 Å². The normalized spacial score (nSPS) is 14.7. The molecule has 0 N–H and O–H groups in total. The van der Waals surface area contributed by atoms with Gasteiger partial charge in [-0.05, 0) is 70.6 Å². The molecule has 10 heteroatoms. The number of nitrogens with zero attached hydrogens (tertiary/aromatic N) is 3. The van der Waals surface area contributed by atoms with E-state index in [2.05, 4.69) is 15.9 Å². The fourth-order valence-corrected chi connectivity index (χ4v) is 6.45. The highest BCUT2D eigenvalue weighted by Gasteiger charge is 2.35. The monoisotopic (exact) mass is 645 g/mol. The van der Waals surface area contributed by atoms with Gasteiger partial charge in [-0.15, -0.1) is 11.8 Å². The molecule has 0 spiro atoms. The van der Waals surface area contributed by atoms with Gasteiger partial charge in [-0.3, -0.25) is 9.36 Å². The number of carbonyl (C=O) groups excluding carboxylic acids is 1. The van der Waals surface area contributed by atoms with E-state index in [1.807, 2.05) is 79.1 Å². The number of fused-ring (bicyclic) bond motifs is 1. The molecule has 0 radical (unpaired) electrons. The molecule has 1 aliphatic rings. The molecule has 0 bridgehead atoms. The summed E-state index contributed by atoms with van der Waals surface area (Å²) in [5, 5.41) is 8.81. The Morgan fingerprint density at radius 3 is 2.59 bits per heavy atom. The van der Waals surface area contributed by atoms with Crippen LogP contribution in [0.2, 0.25) is 0 Å². The number of thiazole rings is 1. The van der Waals surface area contributed by atoms with Crippen molar-refractivity contribution in [1.29, 1.82) is 5.26 Å². The molecule has 0 amide bonds. The average molecular weight is 647 g/mol. The third-order valence-corrected chi connectivity index (χ3v) is 8.70.